The van der Waals surface area contributed by atoms with Gasteiger partial charge in [-0.05, 0) is 64.0 Å². The number of nitrogens with zero attached hydrogens (tertiary/aromatic N) is 1. The average Bonchev–Trinajstić information content (AvgIpc) is 3.49. The Morgan fingerprint density at radius 2 is 1.78 bits per heavy atom. The molecule has 2 rings (SSSR count). The molecule has 0 heterocycles. The van der Waals surface area contributed by atoms with Crippen molar-refractivity contribution in [2.24, 2.45) is 11.8 Å². The summed E-state index contributed by atoms with van der Waals surface area (Å²) < 4.78 is 5.43. The number of benzene rings is 1. The number of carbonyl (C=O) groups is 3. The molecule has 7 heteroatoms. The molecule has 7 nitrogen and oxygen atoms in total. The van der Waals surface area contributed by atoms with Gasteiger partial charge in [-0.3, -0.25) is 9.59 Å². The van der Waals surface area contributed by atoms with Gasteiger partial charge in [0.1, 0.15) is 17.7 Å². The van der Waals surface area contributed by atoms with Crippen LogP contribution in [0.5, 0.6) is 0 Å². The molecule has 1 aromatic rings. The molecular weight excluding hydrogens is 454 g/mol. The number of rotatable bonds is 10. The lowest BCUT2D eigenvalue weighted by molar-refractivity contribution is -0.144. The second kappa shape index (κ2) is 12.3. The Kier molecular flexibility index (Phi) is 9.98. The molecule has 0 saturated heterocycles. The van der Waals surface area contributed by atoms with E-state index in [0.717, 1.165) is 19.3 Å². The molecule has 2 N–H and O–H groups in total. The SMILES string of the molecule is C#Cc1ccccc1C(C(=O)NC(C)CCC)N(C(=O)C(NC(=O)OC(C)(C)C)C(C)C)C1CC1C. The van der Waals surface area contributed by atoms with E-state index in [1.807, 2.05) is 39.0 Å². The Balaban J connectivity index is 2.54. The standard InChI is InChI=1S/C29H43N3O4/c1-10-14-20(6)30-26(33)25(22-16-13-12-15-21(22)11-2)32(23-17-19(23)5)27(34)24(18(3)4)31-28(35)36-29(7,8)9/h2,12-13,15-16,18-20,23-25H,10,14,17H2,1,3-9H3,(H,30,33)(H,31,35). The lowest BCUT2D eigenvalue weighted by Crippen LogP contribution is -2.56. The van der Waals surface area contributed by atoms with E-state index in [1.54, 1.807) is 31.7 Å². The summed E-state index contributed by atoms with van der Waals surface area (Å²) in [5, 5.41) is 5.85. The van der Waals surface area contributed by atoms with Crippen LogP contribution in [-0.2, 0) is 14.3 Å². The highest BCUT2D eigenvalue weighted by Crippen LogP contribution is 2.41. The van der Waals surface area contributed by atoms with Crippen LogP contribution >= 0.6 is 0 Å². The smallest absolute Gasteiger partial charge is 0.408 e. The van der Waals surface area contributed by atoms with Crippen molar-refractivity contribution >= 4 is 17.9 Å². The fourth-order valence-corrected chi connectivity index (χ4v) is 4.39. The van der Waals surface area contributed by atoms with Crippen LogP contribution in [0.1, 0.15) is 91.8 Å². The van der Waals surface area contributed by atoms with Crippen LogP contribution in [0, 0.1) is 24.2 Å². The molecule has 198 valence electrons. The van der Waals surface area contributed by atoms with E-state index in [9.17, 15) is 14.4 Å². The predicted octanol–water partition coefficient (Wildman–Crippen LogP) is 4.80. The van der Waals surface area contributed by atoms with Gasteiger partial charge in [-0.2, -0.15) is 0 Å². The Hall–Kier alpha value is -3.01. The van der Waals surface area contributed by atoms with E-state index in [1.165, 1.54) is 0 Å². The first-order valence-corrected chi connectivity index (χ1v) is 13.0. The van der Waals surface area contributed by atoms with Crippen LogP contribution < -0.4 is 10.6 Å². The molecule has 0 radical (unpaired) electrons. The zero-order valence-electron chi connectivity index (χ0n) is 23.1. The quantitative estimate of drug-likeness (QED) is 0.455. The molecule has 5 atom stereocenters. The van der Waals surface area contributed by atoms with Gasteiger partial charge in [0, 0.05) is 17.6 Å². The van der Waals surface area contributed by atoms with Crippen molar-refractivity contribution in [3.8, 4) is 12.3 Å². The summed E-state index contributed by atoms with van der Waals surface area (Å²) in [5.74, 6) is 2.08. The molecule has 36 heavy (non-hydrogen) atoms. The van der Waals surface area contributed by atoms with Crippen LogP contribution in [0.4, 0.5) is 4.79 Å². The van der Waals surface area contributed by atoms with Gasteiger partial charge < -0.3 is 20.3 Å². The fourth-order valence-electron chi connectivity index (χ4n) is 4.39. The second-order valence-corrected chi connectivity index (χ2v) is 11.2. The molecule has 0 aromatic heterocycles. The van der Waals surface area contributed by atoms with E-state index in [-0.39, 0.29) is 35.7 Å². The van der Waals surface area contributed by atoms with Crippen molar-refractivity contribution in [3.63, 3.8) is 0 Å². The molecule has 3 amide bonds. The Morgan fingerprint density at radius 3 is 2.28 bits per heavy atom. The Morgan fingerprint density at radius 1 is 1.17 bits per heavy atom. The van der Waals surface area contributed by atoms with Crippen molar-refractivity contribution in [1.29, 1.82) is 0 Å². The summed E-state index contributed by atoms with van der Waals surface area (Å²) in [6, 6.07) is 5.25. The Bertz CT molecular complexity index is 975. The molecule has 1 aliphatic carbocycles. The van der Waals surface area contributed by atoms with E-state index >= 15 is 0 Å². The van der Waals surface area contributed by atoms with Crippen molar-refractivity contribution in [2.75, 3.05) is 0 Å². The lowest BCUT2D eigenvalue weighted by atomic mass is 9.95. The minimum atomic E-state index is -0.916. The van der Waals surface area contributed by atoms with Gasteiger partial charge in [-0.15, -0.1) is 6.42 Å². The van der Waals surface area contributed by atoms with Crippen LogP contribution in [0.15, 0.2) is 24.3 Å². The minimum Gasteiger partial charge on any atom is -0.444 e. The minimum absolute atomic E-state index is 0.0580. The Labute approximate surface area is 216 Å². The molecule has 1 saturated carbocycles. The average molecular weight is 498 g/mol. The fraction of sp³-hybridized carbons (Fsp3) is 0.621. The maximum Gasteiger partial charge on any atom is 0.408 e. The highest BCUT2D eigenvalue weighted by Gasteiger charge is 2.49. The first-order valence-electron chi connectivity index (χ1n) is 13.0. The highest BCUT2D eigenvalue weighted by molar-refractivity contribution is 5.93. The normalized spacial score (nSPS) is 19.4. The topological polar surface area (TPSA) is 87.7 Å². The third-order valence-electron chi connectivity index (χ3n) is 6.33. The summed E-state index contributed by atoms with van der Waals surface area (Å²) in [5.41, 5.74) is 0.463. The third kappa shape index (κ3) is 7.74. The summed E-state index contributed by atoms with van der Waals surface area (Å²) in [4.78, 5) is 42.2. The highest BCUT2D eigenvalue weighted by atomic mass is 16.6. The van der Waals surface area contributed by atoms with E-state index < -0.39 is 23.8 Å². The summed E-state index contributed by atoms with van der Waals surface area (Å²) in [7, 11) is 0. The molecule has 0 aliphatic heterocycles. The number of alkyl carbamates (subject to hydrolysis) is 1. The van der Waals surface area contributed by atoms with E-state index in [4.69, 9.17) is 11.2 Å². The van der Waals surface area contributed by atoms with Crippen LogP contribution in [-0.4, -0.2) is 46.5 Å². The van der Waals surface area contributed by atoms with E-state index in [0.29, 0.717) is 11.1 Å². The summed E-state index contributed by atoms with van der Waals surface area (Å²) in [6.07, 6.45) is 7.65. The van der Waals surface area contributed by atoms with Crippen LogP contribution in [0.3, 0.4) is 0 Å². The van der Waals surface area contributed by atoms with Gasteiger partial charge in [0.15, 0.2) is 0 Å². The monoisotopic (exact) mass is 497 g/mol. The summed E-state index contributed by atoms with van der Waals surface area (Å²) in [6.45, 7) is 15.1. The number of hydrogen-bond donors (Lipinski definition) is 2. The van der Waals surface area contributed by atoms with Crippen LogP contribution in [0.25, 0.3) is 0 Å². The molecule has 1 fully saturated rings. The van der Waals surface area contributed by atoms with Gasteiger partial charge in [-0.25, -0.2) is 4.79 Å². The van der Waals surface area contributed by atoms with Crippen molar-refractivity contribution in [3.05, 3.63) is 35.4 Å². The van der Waals surface area contributed by atoms with Crippen LogP contribution in [0.2, 0.25) is 0 Å². The summed E-state index contributed by atoms with van der Waals surface area (Å²) >= 11 is 0. The van der Waals surface area contributed by atoms with Gasteiger partial charge in [0.05, 0.1) is 0 Å². The lowest BCUT2D eigenvalue weighted by Gasteiger charge is -2.37. The zero-order chi connectivity index (χ0) is 27.2. The first kappa shape index (κ1) is 29.2. The number of hydrogen-bond acceptors (Lipinski definition) is 4. The number of ether oxygens (including phenoxy) is 1. The number of nitrogens with one attached hydrogen (secondary N) is 2. The van der Waals surface area contributed by atoms with Gasteiger partial charge in [-0.1, -0.05) is 58.2 Å². The largest absolute Gasteiger partial charge is 0.444 e. The van der Waals surface area contributed by atoms with Crippen molar-refractivity contribution in [2.45, 2.75) is 104 Å². The van der Waals surface area contributed by atoms with Gasteiger partial charge in [0.2, 0.25) is 11.8 Å². The molecule has 1 aromatic carbocycles. The molecule has 1 aliphatic rings. The number of amides is 3. The first-order chi connectivity index (χ1) is 16.8. The van der Waals surface area contributed by atoms with Crippen molar-refractivity contribution in [1.82, 2.24) is 15.5 Å². The number of carbonyl (C=O) groups excluding carboxylic acids is 3. The maximum absolute atomic E-state index is 14.2. The second-order valence-electron chi connectivity index (χ2n) is 11.2. The van der Waals surface area contributed by atoms with E-state index in [2.05, 4.69) is 30.4 Å². The number of terminal acetylenes is 1. The third-order valence-corrected chi connectivity index (χ3v) is 6.33. The van der Waals surface area contributed by atoms with Gasteiger partial charge in [0.25, 0.3) is 0 Å². The molecule has 0 bridgehead atoms. The molecule has 0 spiro atoms. The molecule has 5 unspecified atom stereocenters. The van der Waals surface area contributed by atoms with Gasteiger partial charge >= 0.3 is 6.09 Å². The maximum atomic E-state index is 14.2. The zero-order valence-corrected chi connectivity index (χ0v) is 23.1. The predicted molar refractivity (Wildman–Crippen MR) is 142 cm³/mol. The van der Waals surface area contributed by atoms with Crippen molar-refractivity contribution < 1.29 is 19.1 Å². The molecular formula is C29H43N3O4.